The number of rotatable bonds is 7. The van der Waals surface area contributed by atoms with Crippen LogP contribution in [0.15, 0.2) is 147 Å². The molecule has 0 bridgehead atoms. The summed E-state index contributed by atoms with van der Waals surface area (Å²) >= 11 is 0. The van der Waals surface area contributed by atoms with E-state index in [0.29, 0.717) is 12.2 Å². The van der Waals surface area contributed by atoms with Crippen molar-refractivity contribution in [2.45, 2.75) is 79.4 Å². The number of aromatic hydroxyl groups is 1. The van der Waals surface area contributed by atoms with E-state index in [9.17, 15) is 17.8 Å². The Bertz CT molecular complexity index is 1920. The van der Waals surface area contributed by atoms with Crippen LogP contribution in [-0.2, 0) is 31.2 Å². The quantitative estimate of drug-likeness (QED) is 0.0759. The van der Waals surface area contributed by atoms with E-state index in [1.807, 2.05) is 43.3 Å². The molecule has 1 heterocycles. The van der Waals surface area contributed by atoms with Crippen LogP contribution in [0.3, 0.4) is 0 Å². The first-order valence-electron chi connectivity index (χ1n) is 16.4. The topological polar surface area (TPSA) is 113 Å². The Morgan fingerprint density at radius 2 is 1.22 bits per heavy atom. The van der Waals surface area contributed by atoms with Gasteiger partial charge in [-0.3, -0.25) is 4.79 Å². The summed E-state index contributed by atoms with van der Waals surface area (Å²) in [6.45, 7) is 12.0. The van der Waals surface area contributed by atoms with Crippen LogP contribution in [0.4, 0.5) is 0 Å². The Kier molecular flexibility index (Phi) is 12.6. The molecule has 1 aliphatic rings. The highest BCUT2D eigenvalue weighted by atomic mass is 32.2. The monoisotopic (exact) mass is 712 g/mol. The third-order valence-electron chi connectivity index (χ3n) is 8.63. The molecule has 5 aromatic carbocycles. The summed E-state index contributed by atoms with van der Waals surface area (Å²) in [5.74, 6) is 2.10. The number of carbonyl (C=O) groups excluding carboxylic acids is 1. The fraction of sp³-hybridized carbons (Fsp3) is 0.244. The number of phenolic OH excluding ortho intramolecular Hbond substituents is 1. The van der Waals surface area contributed by atoms with Crippen molar-refractivity contribution in [3.8, 4) is 23.0 Å². The van der Waals surface area contributed by atoms with Crippen molar-refractivity contribution in [3.63, 3.8) is 0 Å². The molecule has 0 saturated carbocycles. The highest BCUT2D eigenvalue weighted by molar-refractivity contribution is 7.97. The Hall–Kier alpha value is -4.57. The summed E-state index contributed by atoms with van der Waals surface area (Å²) in [7, 11) is -4.55. The maximum Gasteiger partial charge on any atom is 0.316 e. The second-order valence-corrected chi connectivity index (χ2v) is 16.3. The first kappa shape index (κ1) is 38.2. The minimum atomic E-state index is -4.47. The number of esters is 1. The summed E-state index contributed by atoms with van der Waals surface area (Å²) in [5.41, 5.74) is 0.888. The first-order chi connectivity index (χ1) is 23.7. The Labute approximate surface area is 299 Å². The molecule has 0 atom stereocenters. The molecule has 9 heteroatoms. The van der Waals surface area contributed by atoms with Crippen LogP contribution in [0, 0.1) is 5.41 Å². The number of carbonyl (C=O) groups is 1. The standard InChI is InChI=1S/C18H13OS.C12H16O5S.C11H16O/c1-2-8-14(9-3-1)20-17-12-6-4-10-15(17)19-16-11-5-7-13-18(16)20;1-4-12(2,3)11(13)17-9-5-7-10(8-6-9)18(14,15)16;1-4-11(2,3)9-5-7-10(12)8-6-9/h1-13H;5-8H,4H2,1-3H3,(H,14,15,16);5-8,12H,4H2,1-3H3/q+1;;/p-1. The molecule has 0 aromatic heterocycles. The largest absolute Gasteiger partial charge is 0.744 e. The summed E-state index contributed by atoms with van der Waals surface area (Å²) in [6, 6.07) is 39.6. The van der Waals surface area contributed by atoms with Gasteiger partial charge < -0.3 is 19.1 Å². The van der Waals surface area contributed by atoms with Crippen LogP contribution in [0.25, 0.3) is 0 Å². The van der Waals surface area contributed by atoms with Gasteiger partial charge in [-0.2, -0.15) is 0 Å². The molecule has 0 saturated heterocycles. The van der Waals surface area contributed by atoms with Gasteiger partial charge in [0.15, 0.2) is 16.4 Å². The van der Waals surface area contributed by atoms with E-state index < -0.39 is 21.5 Å². The summed E-state index contributed by atoms with van der Waals surface area (Å²) in [6.07, 6.45) is 1.73. The molecule has 6 rings (SSSR count). The smallest absolute Gasteiger partial charge is 0.316 e. The van der Waals surface area contributed by atoms with Crippen LogP contribution >= 0.6 is 0 Å². The summed E-state index contributed by atoms with van der Waals surface area (Å²) in [5, 5.41) is 9.10. The molecular weight excluding hydrogens is 669 g/mol. The highest BCUT2D eigenvalue weighted by Gasteiger charge is 2.38. The van der Waals surface area contributed by atoms with E-state index in [1.165, 1.54) is 32.4 Å². The lowest BCUT2D eigenvalue weighted by Gasteiger charge is -2.22. The highest BCUT2D eigenvalue weighted by Crippen LogP contribution is 2.46. The molecule has 262 valence electrons. The van der Waals surface area contributed by atoms with Crippen LogP contribution in [0.5, 0.6) is 23.0 Å². The SMILES string of the molecule is CCC(C)(C)C(=O)Oc1ccc(S(=O)(=O)[O-])cc1.CCC(C)(C)c1ccc(O)cc1.c1ccc([S+]2c3ccccc3Oc3ccccc32)cc1. The number of hydrogen-bond acceptors (Lipinski definition) is 7. The number of benzene rings is 5. The number of ether oxygens (including phenoxy) is 2. The number of phenols is 1. The van der Waals surface area contributed by atoms with Gasteiger partial charge in [0.05, 0.1) is 10.3 Å². The predicted molar refractivity (Wildman–Crippen MR) is 197 cm³/mol. The molecule has 1 aliphatic heterocycles. The zero-order valence-electron chi connectivity index (χ0n) is 29.3. The van der Waals surface area contributed by atoms with Gasteiger partial charge in [0.25, 0.3) is 0 Å². The Balaban J connectivity index is 0.000000174. The Morgan fingerprint density at radius 1 is 0.720 bits per heavy atom. The lowest BCUT2D eigenvalue weighted by Crippen LogP contribution is -2.28. The fourth-order valence-corrected chi connectivity index (χ4v) is 7.33. The molecule has 1 N–H and O–H groups in total. The van der Waals surface area contributed by atoms with Gasteiger partial charge in [-0.25, -0.2) is 8.42 Å². The zero-order chi connectivity index (χ0) is 36.5. The second-order valence-electron chi connectivity index (χ2n) is 13.0. The maximum absolute atomic E-state index is 11.7. The Morgan fingerprint density at radius 3 is 1.70 bits per heavy atom. The van der Waals surface area contributed by atoms with Crippen molar-refractivity contribution in [1.82, 2.24) is 0 Å². The van der Waals surface area contributed by atoms with Crippen molar-refractivity contribution in [2.24, 2.45) is 5.41 Å². The fourth-order valence-electron chi connectivity index (χ4n) is 4.63. The van der Waals surface area contributed by atoms with Crippen molar-refractivity contribution in [1.29, 1.82) is 0 Å². The second kappa shape index (κ2) is 16.4. The van der Waals surface area contributed by atoms with E-state index in [4.69, 9.17) is 14.6 Å². The van der Waals surface area contributed by atoms with Gasteiger partial charge in [-0.1, -0.05) is 82.3 Å². The van der Waals surface area contributed by atoms with Crippen LogP contribution in [0.2, 0.25) is 0 Å². The minimum absolute atomic E-state index is 0.0829. The molecule has 50 heavy (non-hydrogen) atoms. The van der Waals surface area contributed by atoms with E-state index in [0.717, 1.165) is 30.1 Å². The molecule has 0 fully saturated rings. The minimum Gasteiger partial charge on any atom is -0.744 e. The molecule has 0 spiro atoms. The molecule has 0 unspecified atom stereocenters. The van der Waals surface area contributed by atoms with Crippen LogP contribution in [-0.4, -0.2) is 24.0 Å². The average Bonchev–Trinajstić information content (AvgIpc) is 3.11. The summed E-state index contributed by atoms with van der Waals surface area (Å²) < 4.78 is 43.3. The van der Waals surface area contributed by atoms with E-state index >= 15 is 0 Å². The number of fused-ring (bicyclic) bond motifs is 2. The molecular formula is C41H44O7S2. The van der Waals surface area contributed by atoms with Crippen molar-refractivity contribution < 1.29 is 32.3 Å². The number of para-hydroxylation sites is 2. The molecule has 0 aliphatic carbocycles. The summed E-state index contributed by atoms with van der Waals surface area (Å²) in [4.78, 5) is 15.2. The lowest BCUT2D eigenvalue weighted by atomic mass is 9.82. The van der Waals surface area contributed by atoms with Gasteiger partial charge in [0.1, 0.15) is 32.5 Å². The van der Waals surface area contributed by atoms with Crippen LogP contribution < -0.4 is 9.47 Å². The molecule has 0 amide bonds. The third-order valence-corrected chi connectivity index (χ3v) is 11.8. The van der Waals surface area contributed by atoms with Gasteiger partial charge in [0.2, 0.25) is 9.79 Å². The van der Waals surface area contributed by atoms with Gasteiger partial charge in [-0.05, 0) is 110 Å². The van der Waals surface area contributed by atoms with Crippen molar-refractivity contribution >= 4 is 27.0 Å². The van der Waals surface area contributed by atoms with Crippen molar-refractivity contribution in [2.75, 3.05) is 0 Å². The number of hydrogen-bond donors (Lipinski definition) is 1. The van der Waals surface area contributed by atoms with Crippen molar-refractivity contribution in [3.05, 3.63) is 133 Å². The van der Waals surface area contributed by atoms with Crippen LogP contribution in [0.1, 0.15) is 59.9 Å². The van der Waals surface area contributed by atoms with Gasteiger partial charge in [0, 0.05) is 0 Å². The normalized spacial score (nSPS) is 12.5. The predicted octanol–water partition coefficient (Wildman–Crippen LogP) is 9.90. The molecule has 5 aromatic rings. The van der Waals surface area contributed by atoms with E-state index in [2.05, 4.69) is 75.4 Å². The molecule has 7 nitrogen and oxygen atoms in total. The first-order valence-corrected chi connectivity index (χ1v) is 19.0. The van der Waals surface area contributed by atoms with Gasteiger partial charge >= 0.3 is 5.97 Å². The maximum atomic E-state index is 11.7. The third kappa shape index (κ3) is 9.78. The average molecular weight is 713 g/mol. The van der Waals surface area contributed by atoms with E-state index in [-0.39, 0.29) is 27.0 Å². The zero-order valence-corrected chi connectivity index (χ0v) is 30.9. The van der Waals surface area contributed by atoms with Gasteiger partial charge in [-0.15, -0.1) is 0 Å². The molecule has 0 radical (unpaired) electrons. The lowest BCUT2D eigenvalue weighted by molar-refractivity contribution is -0.144. The van der Waals surface area contributed by atoms with E-state index in [1.54, 1.807) is 26.0 Å².